The van der Waals surface area contributed by atoms with Crippen LogP contribution in [0.25, 0.3) is 11.4 Å². The van der Waals surface area contributed by atoms with E-state index in [0.717, 1.165) is 25.0 Å². The van der Waals surface area contributed by atoms with E-state index in [1.165, 1.54) is 0 Å². The van der Waals surface area contributed by atoms with Crippen LogP contribution in [0.2, 0.25) is 0 Å². The number of tetrazole rings is 1. The molecule has 7 heteroatoms. The van der Waals surface area contributed by atoms with Crippen LogP contribution in [0, 0.1) is 0 Å². The summed E-state index contributed by atoms with van der Waals surface area (Å²) in [5.74, 6) is 1.32. The number of nitrogens with zero attached hydrogens (tertiary/aromatic N) is 4. The average Bonchev–Trinajstić information content (AvgIpc) is 2.90. The highest BCUT2D eigenvalue weighted by Gasteiger charge is 2.34. The van der Waals surface area contributed by atoms with Crippen molar-refractivity contribution in [3.8, 4) is 17.1 Å². The summed E-state index contributed by atoms with van der Waals surface area (Å²) in [5, 5.41) is 12.0. The van der Waals surface area contributed by atoms with E-state index in [0.29, 0.717) is 23.4 Å². The van der Waals surface area contributed by atoms with Crippen LogP contribution in [0.3, 0.4) is 0 Å². The summed E-state index contributed by atoms with van der Waals surface area (Å²) >= 11 is 0. The number of benzene rings is 1. The van der Waals surface area contributed by atoms with Crippen LogP contribution >= 0.6 is 0 Å². The lowest BCUT2D eigenvalue weighted by molar-refractivity contribution is -0.0227. The van der Waals surface area contributed by atoms with E-state index in [4.69, 9.17) is 15.2 Å². The van der Waals surface area contributed by atoms with Gasteiger partial charge in [0.05, 0.1) is 24.8 Å². The molecule has 1 saturated carbocycles. The molecule has 0 spiro atoms. The van der Waals surface area contributed by atoms with Crippen molar-refractivity contribution in [2.24, 2.45) is 0 Å². The van der Waals surface area contributed by atoms with Crippen molar-refractivity contribution in [2.75, 3.05) is 19.5 Å². The molecule has 1 aliphatic carbocycles. The highest BCUT2D eigenvalue weighted by atomic mass is 16.5. The Morgan fingerprint density at radius 3 is 2.90 bits per heavy atom. The van der Waals surface area contributed by atoms with Crippen molar-refractivity contribution in [1.29, 1.82) is 0 Å². The molecule has 0 saturated heterocycles. The number of nitrogen functional groups attached to an aromatic ring is 1. The predicted molar refractivity (Wildman–Crippen MR) is 77.9 cm³/mol. The molecule has 1 heterocycles. The number of anilines is 1. The van der Waals surface area contributed by atoms with Gasteiger partial charge in [-0.25, -0.2) is 4.68 Å². The molecule has 0 radical (unpaired) electrons. The first-order valence-corrected chi connectivity index (χ1v) is 7.06. The first-order valence-electron chi connectivity index (χ1n) is 7.06. The van der Waals surface area contributed by atoms with Gasteiger partial charge in [-0.05, 0) is 42.3 Å². The molecule has 1 fully saturated rings. The molecule has 112 valence electrons. The van der Waals surface area contributed by atoms with Gasteiger partial charge < -0.3 is 15.2 Å². The summed E-state index contributed by atoms with van der Waals surface area (Å²) in [6.07, 6.45) is 2.13. The molecule has 0 atom stereocenters. The molecule has 0 unspecified atom stereocenters. The Bertz CT molecular complexity index is 622. The van der Waals surface area contributed by atoms with Gasteiger partial charge in [-0.2, -0.15) is 0 Å². The van der Waals surface area contributed by atoms with Gasteiger partial charge in [0.2, 0.25) is 0 Å². The molecule has 0 aliphatic heterocycles. The molecule has 1 aliphatic rings. The normalized spacial score (nSPS) is 21.0. The minimum Gasteiger partial charge on any atom is -0.496 e. The van der Waals surface area contributed by atoms with Crippen molar-refractivity contribution < 1.29 is 9.47 Å². The molecule has 21 heavy (non-hydrogen) atoms. The fourth-order valence-electron chi connectivity index (χ4n) is 2.67. The number of hydrogen-bond acceptors (Lipinski definition) is 6. The quantitative estimate of drug-likeness (QED) is 0.842. The summed E-state index contributed by atoms with van der Waals surface area (Å²) in [7, 11) is 1.61. The highest BCUT2D eigenvalue weighted by molar-refractivity contribution is 5.77. The smallest absolute Gasteiger partial charge is 0.188 e. The molecule has 0 amide bonds. The molecule has 0 bridgehead atoms. The first kappa shape index (κ1) is 13.8. The zero-order chi connectivity index (χ0) is 14.8. The van der Waals surface area contributed by atoms with Crippen LogP contribution in [-0.4, -0.2) is 40.0 Å². The van der Waals surface area contributed by atoms with Crippen LogP contribution < -0.4 is 10.5 Å². The van der Waals surface area contributed by atoms with Crippen LogP contribution in [0.1, 0.15) is 25.8 Å². The zero-order valence-corrected chi connectivity index (χ0v) is 12.2. The van der Waals surface area contributed by atoms with Gasteiger partial charge in [0.1, 0.15) is 5.75 Å². The second-order valence-electron chi connectivity index (χ2n) is 5.07. The molecule has 1 aromatic heterocycles. The summed E-state index contributed by atoms with van der Waals surface area (Å²) in [6.45, 7) is 2.74. The number of aromatic nitrogens is 4. The lowest BCUT2D eigenvalue weighted by Gasteiger charge is -2.34. The largest absolute Gasteiger partial charge is 0.496 e. The fraction of sp³-hybridized carbons (Fsp3) is 0.500. The van der Waals surface area contributed by atoms with Crippen LogP contribution in [-0.2, 0) is 4.74 Å². The number of rotatable bonds is 5. The van der Waals surface area contributed by atoms with E-state index in [-0.39, 0.29) is 6.04 Å². The Morgan fingerprint density at radius 2 is 2.19 bits per heavy atom. The number of ether oxygens (including phenoxy) is 2. The topological polar surface area (TPSA) is 88.1 Å². The molecular weight excluding hydrogens is 270 g/mol. The van der Waals surface area contributed by atoms with E-state index in [1.807, 2.05) is 29.8 Å². The van der Waals surface area contributed by atoms with E-state index in [9.17, 15) is 0 Å². The number of hydrogen-bond donors (Lipinski definition) is 1. The number of methoxy groups -OCH3 is 1. The maximum Gasteiger partial charge on any atom is 0.188 e. The summed E-state index contributed by atoms with van der Waals surface area (Å²) < 4.78 is 12.8. The van der Waals surface area contributed by atoms with Crippen molar-refractivity contribution >= 4 is 5.69 Å². The Labute approximate surface area is 123 Å². The number of nitrogens with two attached hydrogens (primary N) is 1. The van der Waals surface area contributed by atoms with Gasteiger partial charge in [-0.3, -0.25) is 0 Å². The zero-order valence-electron chi connectivity index (χ0n) is 12.2. The van der Waals surface area contributed by atoms with Gasteiger partial charge in [-0.1, -0.05) is 6.07 Å². The molecule has 2 N–H and O–H groups in total. The minimum absolute atomic E-state index is 0.246. The maximum absolute atomic E-state index is 6.08. The second-order valence-corrected chi connectivity index (χ2v) is 5.07. The molecule has 7 nitrogen and oxygen atoms in total. The Morgan fingerprint density at radius 1 is 1.38 bits per heavy atom. The third-order valence-corrected chi connectivity index (χ3v) is 3.81. The van der Waals surface area contributed by atoms with Crippen molar-refractivity contribution in [3.05, 3.63) is 18.2 Å². The monoisotopic (exact) mass is 289 g/mol. The highest BCUT2D eigenvalue weighted by Crippen LogP contribution is 2.39. The van der Waals surface area contributed by atoms with E-state index >= 15 is 0 Å². The Hall–Kier alpha value is -2.15. The Kier molecular flexibility index (Phi) is 3.74. The Balaban J connectivity index is 1.90. The maximum atomic E-state index is 6.08. The molecule has 2 aromatic rings. The minimum atomic E-state index is 0.246. The third kappa shape index (κ3) is 2.44. The summed E-state index contributed by atoms with van der Waals surface area (Å²) in [5.41, 5.74) is 7.42. The summed E-state index contributed by atoms with van der Waals surface area (Å²) in [6, 6.07) is 5.77. The average molecular weight is 289 g/mol. The van der Waals surface area contributed by atoms with E-state index < -0.39 is 0 Å². The van der Waals surface area contributed by atoms with Gasteiger partial charge in [-0.15, -0.1) is 5.10 Å². The van der Waals surface area contributed by atoms with E-state index in [2.05, 4.69) is 15.5 Å². The van der Waals surface area contributed by atoms with E-state index in [1.54, 1.807) is 7.11 Å². The standard InChI is InChI=1S/C14H19N5O2/c1-3-21-10-7-9(8-10)19-14(16-17-18-19)13-11(15)5-4-6-12(13)20-2/h4-6,9-10H,3,7-8,15H2,1-2H3. The molecule has 1 aromatic carbocycles. The van der Waals surface area contributed by atoms with Crippen molar-refractivity contribution in [2.45, 2.75) is 31.9 Å². The first-order chi connectivity index (χ1) is 10.2. The van der Waals surface area contributed by atoms with Crippen molar-refractivity contribution in [3.63, 3.8) is 0 Å². The van der Waals surface area contributed by atoms with Crippen LogP contribution in [0.4, 0.5) is 5.69 Å². The van der Waals surface area contributed by atoms with Gasteiger partial charge >= 0.3 is 0 Å². The second kappa shape index (κ2) is 5.69. The SMILES string of the molecule is CCOC1CC(n2nnnc2-c2c(N)cccc2OC)C1. The van der Waals surface area contributed by atoms with Gasteiger partial charge in [0, 0.05) is 12.3 Å². The summed E-state index contributed by atoms with van der Waals surface area (Å²) in [4.78, 5) is 0. The fourth-order valence-corrected chi connectivity index (χ4v) is 2.67. The van der Waals surface area contributed by atoms with Crippen LogP contribution in [0.15, 0.2) is 18.2 Å². The third-order valence-electron chi connectivity index (χ3n) is 3.81. The predicted octanol–water partition coefficient (Wildman–Crippen LogP) is 1.67. The van der Waals surface area contributed by atoms with Gasteiger partial charge in [0.15, 0.2) is 5.82 Å². The van der Waals surface area contributed by atoms with Crippen LogP contribution in [0.5, 0.6) is 5.75 Å². The lowest BCUT2D eigenvalue weighted by Crippen LogP contribution is -2.34. The van der Waals surface area contributed by atoms with Crippen molar-refractivity contribution in [1.82, 2.24) is 20.2 Å². The van der Waals surface area contributed by atoms with Gasteiger partial charge in [0.25, 0.3) is 0 Å². The lowest BCUT2D eigenvalue weighted by atomic mass is 9.89. The molecular formula is C14H19N5O2. The molecule has 3 rings (SSSR count).